The summed E-state index contributed by atoms with van der Waals surface area (Å²) in [6, 6.07) is 12.1. The van der Waals surface area contributed by atoms with E-state index in [2.05, 4.69) is 20.8 Å². The maximum Gasteiger partial charge on any atom is 1.00 e. The number of aryl methyl sites for hydroxylation is 2. The Balaban J connectivity index is 0.00000461. The van der Waals surface area contributed by atoms with Gasteiger partial charge < -0.3 is 20.5 Å². The van der Waals surface area contributed by atoms with Crippen LogP contribution in [0.5, 0.6) is 0 Å². The molecule has 16 heteroatoms. The molecular formula is C29H27N6NaO6S3. The van der Waals surface area contributed by atoms with Gasteiger partial charge in [-0.05, 0) is 36.6 Å². The first kappa shape index (κ1) is 34.7. The summed E-state index contributed by atoms with van der Waals surface area (Å²) < 4.78 is 0.681. The second-order valence-electron chi connectivity index (χ2n) is 9.98. The van der Waals surface area contributed by atoms with Gasteiger partial charge in [-0.25, -0.2) is 4.79 Å². The van der Waals surface area contributed by atoms with Crippen molar-refractivity contribution in [1.29, 1.82) is 0 Å². The molecule has 0 saturated carbocycles. The fourth-order valence-electron chi connectivity index (χ4n) is 4.76. The summed E-state index contributed by atoms with van der Waals surface area (Å²) in [4.78, 5) is 67.2. The van der Waals surface area contributed by atoms with E-state index in [1.54, 1.807) is 61.5 Å². The molecular weight excluding hydrogens is 648 g/mol. The third-order valence-electron chi connectivity index (χ3n) is 7.06. The van der Waals surface area contributed by atoms with Crippen LogP contribution in [0.1, 0.15) is 32.5 Å². The van der Waals surface area contributed by atoms with Crippen molar-refractivity contribution < 1.29 is 58.6 Å². The number of benzene rings is 2. The summed E-state index contributed by atoms with van der Waals surface area (Å²) >= 11 is 4.03. The number of urea groups is 1. The van der Waals surface area contributed by atoms with Crippen LogP contribution in [0, 0.1) is 13.8 Å². The van der Waals surface area contributed by atoms with Gasteiger partial charge in [0.1, 0.15) is 22.5 Å². The van der Waals surface area contributed by atoms with E-state index in [-0.39, 0.29) is 41.0 Å². The molecule has 0 spiro atoms. The van der Waals surface area contributed by atoms with Crippen LogP contribution in [0.25, 0.3) is 0 Å². The first-order valence-corrected chi connectivity index (χ1v) is 16.2. The SMILES string of the molecule is Cc1nnc(SCC2=C(C(=O)[O-])N3C(=O)C(NC(=O)C(NC(=O)N(C)C(=O)c4ccccc4C)c4ccccc4)[C@@H]3SC2)s1.[Na+]. The Kier molecular flexibility index (Phi) is 11.5. The standard InChI is InChI=1S/C29H28N6O6S3.Na/c1-15-9-7-8-12-19(15)24(37)34(3)28(41)31-20(17-10-5-4-6-11-17)23(36)30-21-25(38)35-22(27(39)40)18(13-42-26(21)35)14-43-29-33-32-16(2)44-29;/h4-12,20-21,26H,13-14H2,1-3H3,(H,30,36)(H,31,41)(H,39,40);/q;+1/p-1/t20?,21?,26-;/m0./s1. The number of β-lactam (4-membered cyclic amide) rings is 1. The molecule has 0 bridgehead atoms. The van der Waals surface area contributed by atoms with Crippen molar-refractivity contribution in [2.75, 3.05) is 18.6 Å². The van der Waals surface area contributed by atoms with Gasteiger partial charge in [0.2, 0.25) is 5.91 Å². The third-order valence-corrected chi connectivity index (χ3v) is 10.5. The third kappa shape index (κ3) is 7.45. The fourth-order valence-corrected chi connectivity index (χ4v) is 8.06. The van der Waals surface area contributed by atoms with Crippen molar-refractivity contribution in [3.05, 3.63) is 87.6 Å². The molecule has 12 nitrogen and oxygen atoms in total. The van der Waals surface area contributed by atoms with Gasteiger partial charge >= 0.3 is 35.6 Å². The van der Waals surface area contributed by atoms with Crippen LogP contribution >= 0.6 is 34.9 Å². The quantitative estimate of drug-likeness (QED) is 0.161. The predicted octanol–water partition coefficient (Wildman–Crippen LogP) is -1.12. The Bertz CT molecular complexity index is 1670. The minimum absolute atomic E-state index is 0. The van der Waals surface area contributed by atoms with Crippen LogP contribution in [0.3, 0.4) is 0 Å². The summed E-state index contributed by atoms with van der Waals surface area (Å²) in [5, 5.41) is 25.5. The molecule has 1 saturated heterocycles. The van der Waals surface area contributed by atoms with Gasteiger partial charge in [-0.2, -0.15) is 0 Å². The first-order chi connectivity index (χ1) is 21.1. The Morgan fingerprint density at radius 3 is 2.42 bits per heavy atom. The minimum atomic E-state index is -1.48. The summed E-state index contributed by atoms with van der Waals surface area (Å²) in [5.74, 6) is -2.73. The molecule has 3 heterocycles. The molecule has 2 aliphatic rings. The van der Waals surface area contributed by atoms with E-state index in [0.717, 1.165) is 14.8 Å². The molecule has 3 atom stereocenters. The van der Waals surface area contributed by atoms with Crippen molar-refractivity contribution in [2.45, 2.75) is 35.6 Å². The van der Waals surface area contributed by atoms with Crippen LogP contribution in [-0.2, 0) is 14.4 Å². The second kappa shape index (κ2) is 14.9. The van der Waals surface area contributed by atoms with E-state index in [4.69, 9.17) is 0 Å². The zero-order chi connectivity index (χ0) is 31.5. The average molecular weight is 675 g/mol. The van der Waals surface area contributed by atoms with Gasteiger partial charge in [-0.1, -0.05) is 71.6 Å². The number of hydrogen-bond donors (Lipinski definition) is 2. The van der Waals surface area contributed by atoms with Crippen LogP contribution in [-0.4, -0.2) is 79.7 Å². The molecule has 1 fully saturated rings. The van der Waals surface area contributed by atoms with Crippen molar-refractivity contribution in [3.8, 4) is 0 Å². The summed E-state index contributed by atoms with van der Waals surface area (Å²) in [5.41, 5.74) is 1.76. The van der Waals surface area contributed by atoms with Gasteiger partial charge in [0.15, 0.2) is 4.34 Å². The molecule has 1 aromatic heterocycles. The van der Waals surface area contributed by atoms with Crippen LogP contribution < -0.4 is 45.3 Å². The molecule has 5 amide bonds. The van der Waals surface area contributed by atoms with Gasteiger partial charge in [-0.15, -0.1) is 22.0 Å². The predicted molar refractivity (Wildman–Crippen MR) is 163 cm³/mol. The summed E-state index contributed by atoms with van der Waals surface area (Å²) in [6.07, 6.45) is 0. The summed E-state index contributed by atoms with van der Waals surface area (Å²) in [6.45, 7) is 3.57. The Morgan fingerprint density at radius 1 is 1.09 bits per heavy atom. The largest absolute Gasteiger partial charge is 1.00 e. The van der Waals surface area contributed by atoms with Gasteiger partial charge in [0.25, 0.3) is 11.8 Å². The number of imide groups is 1. The Morgan fingerprint density at radius 2 is 1.78 bits per heavy atom. The second-order valence-corrected chi connectivity index (χ2v) is 13.5. The number of nitrogens with zero attached hydrogens (tertiary/aromatic N) is 4. The van der Waals surface area contributed by atoms with Gasteiger partial charge in [0.05, 0.1) is 11.7 Å². The molecule has 228 valence electrons. The smallest absolute Gasteiger partial charge is 0.543 e. The van der Waals surface area contributed by atoms with E-state index in [1.165, 1.54) is 41.9 Å². The zero-order valence-corrected chi connectivity index (χ0v) is 29.3. The zero-order valence-electron chi connectivity index (χ0n) is 24.8. The molecule has 0 radical (unpaired) electrons. The monoisotopic (exact) mass is 674 g/mol. The maximum atomic E-state index is 13.6. The first-order valence-electron chi connectivity index (χ1n) is 13.4. The molecule has 3 aromatic rings. The van der Waals surface area contributed by atoms with Crippen LogP contribution in [0.2, 0.25) is 0 Å². The Hall–Kier alpha value is -3.21. The molecule has 2 aromatic carbocycles. The molecule has 2 unspecified atom stereocenters. The number of aromatic nitrogens is 2. The summed E-state index contributed by atoms with van der Waals surface area (Å²) in [7, 11) is 1.31. The number of hydrogen-bond acceptors (Lipinski definition) is 11. The number of rotatable bonds is 9. The number of thioether (sulfide) groups is 2. The van der Waals surface area contributed by atoms with E-state index < -0.39 is 47.2 Å². The van der Waals surface area contributed by atoms with E-state index >= 15 is 0 Å². The van der Waals surface area contributed by atoms with Crippen LogP contribution in [0.4, 0.5) is 4.79 Å². The molecule has 2 N–H and O–H groups in total. The number of nitrogens with one attached hydrogen (secondary N) is 2. The normalized spacial score (nSPS) is 17.8. The number of carbonyl (C=O) groups is 5. The average Bonchev–Trinajstić information content (AvgIpc) is 3.45. The number of carboxylic acid groups (broad SMARTS) is 1. The molecule has 2 aliphatic heterocycles. The Labute approximate surface area is 293 Å². The van der Waals surface area contributed by atoms with Gasteiger partial charge in [0, 0.05) is 24.1 Å². The number of aliphatic carboxylic acids is 1. The molecule has 0 aliphatic carbocycles. The van der Waals surface area contributed by atoms with Crippen LogP contribution in [0.15, 0.2) is 70.2 Å². The van der Waals surface area contributed by atoms with Crippen molar-refractivity contribution in [1.82, 2.24) is 30.6 Å². The number of amides is 5. The number of carboxylic acids is 1. The molecule has 45 heavy (non-hydrogen) atoms. The number of fused-ring (bicyclic) bond motifs is 1. The fraction of sp³-hybridized carbons (Fsp3) is 0.276. The van der Waals surface area contributed by atoms with E-state index in [0.29, 0.717) is 32.4 Å². The maximum absolute atomic E-state index is 13.6. The van der Waals surface area contributed by atoms with Crippen molar-refractivity contribution in [2.24, 2.45) is 0 Å². The van der Waals surface area contributed by atoms with E-state index in [1.807, 2.05) is 6.92 Å². The van der Waals surface area contributed by atoms with Crippen molar-refractivity contribution in [3.63, 3.8) is 0 Å². The van der Waals surface area contributed by atoms with E-state index in [9.17, 15) is 29.1 Å². The van der Waals surface area contributed by atoms with Crippen molar-refractivity contribution >= 4 is 64.6 Å². The van der Waals surface area contributed by atoms with Gasteiger partial charge in [-0.3, -0.25) is 24.2 Å². The topological polar surface area (TPSA) is 165 Å². The molecule has 5 rings (SSSR count). The minimum Gasteiger partial charge on any atom is -0.543 e. The number of carbonyl (C=O) groups excluding carboxylic acids is 5.